The lowest BCUT2D eigenvalue weighted by Crippen LogP contribution is -2.12. The standard InChI is InChI=1S/C15H11Br2N3O/c1-8-18-13-5-3-10(7-14(13)19-8)20-15(21)11-6-9(16)2-4-12(11)17/h2-7H,1H3,(H,18,19)(H,20,21). The first-order chi connectivity index (χ1) is 10.0. The lowest BCUT2D eigenvalue weighted by Gasteiger charge is -2.07. The van der Waals surface area contributed by atoms with E-state index in [0.717, 1.165) is 31.5 Å². The quantitative estimate of drug-likeness (QED) is 0.648. The van der Waals surface area contributed by atoms with Crippen LogP contribution in [0.2, 0.25) is 0 Å². The van der Waals surface area contributed by atoms with Crippen LogP contribution in [0.15, 0.2) is 45.3 Å². The van der Waals surface area contributed by atoms with E-state index in [1.54, 1.807) is 6.07 Å². The lowest BCUT2D eigenvalue weighted by atomic mass is 10.2. The molecule has 0 aliphatic heterocycles. The van der Waals surface area contributed by atoms with E-state index >= 15 is 0 Å². The number of nitrogens with one attached hydrogen (secondary N) is 2. The van der Waals surface area contributed by atoms with Gasteiger partial charge in [-0.3, -0.25) is 4.79 Å². The van der Waals surface area contributed by atoms with Crippen LogP contribution in [-0.4, -0.2) is 15.9 Å². The van der Waals surface area contributed by atoms with Crippen molar-refractivity contribution in [3.63, 3.8) is 0 Å². The van der Waals surface area contributed by atoms with E-state index in [-0.39, 0.29) is 5.91 Å². The van der Waals surface area contributed by atoms with E-state index < -0.39 is 0 Å². The molecular weight excluding hydrogens is 398 g/mol. The van der Waals surface area contributed by atoms with Crippen LogP contribution in [0, 0.1) is 6.92 Å². The molecule has 0 fully saturated rings. The summed E-state index contributed by atoms with van der Waals surface area (Å²) < 4.78 is 1.61. The molecule has 21 heavy (non-hydrogen) atoms. The van der Waals surface area contributed by atoms with Gasteiger partial charge in [0.05, 0.1) is 16.6 Å². The molecule has 0 unspecified atom stereocenters. The Bertz CT molecular complexity index is 842. The second kappa shape index (κ2) is 5.61. The normalized spacial score (nSPS) is 10.8. The highest BCUT2D eigenvalue weighted by Crippen LogP contribution is 2.23. The minimum absolute atomic E-state index is 0.168. The van der Waals surface area contributed by atoms with Crippen LogP contribution >= 0.6 is 31.9 Å². The van der Waals surface area contributed by atoms with E-state index in [0.29, 0.717) is 5.56 Å². The lowest BCUT2D eigenvalue weighted by molar-refractivity contribution is 0.102. The highest BCUT2D eigenvalue weighted by molar-refractivity contribution is 9.11. The number of carbonyl (C=O) groups is 1. The fourth-order valence-electron chi connectivity index (χ4n) is 2.08. The maximum Gasteiger partial charge on any atom is 0.256 e. The molecule has 0 spiro atoms. The smallest absolute Gasteiger partial charge is 0.256 e. The first-order valence-electron chi connectivity index (χ1n) is 6.26. The van der Waals surface area contributed by atoms with Gasteiger partial charge in [-0.05, 0) is 59.3 Å². The van der Waals surface area contributed by atoms with Gasteiger partial charge in [0.25, 0.3) is 5.91 Å². The summed E-state index contributed by atoms with van der Waals surface area (Å²) in [6.45, 7) is 1.90. The summed E-state index contributed by atoms with van der Waals surface area (Å²) in [5.41, 5.74) is 3.08. The molecule has 3 rings (SSSR count). The third-order valence-electron chi connectivity index (χ3n) is 3.03. The molecule has 1 aromatic heterocycles. The van der Waals surface area contributed by atoms with E-state index in [1.807, 2.05) is 37.3 Å². The van der Waals surface area contributed by atoms with Crippen LogP contribution in [-0.2, 0) is 0 Å². The Morgan fingerprint density at radius 3 is 2.81 bits per heavy atom. The van der Waals surface area contributed by atoms with Gasteiger partial charge in [-0.1, -0.05) is 15.9 Å². The van der Waals surface area contributed by atoms with Gasteiger partial charge in [-0.15, -0.1) is 0 Å². The molecule has 0 aliphatic rings. The van der Waals surface area contributed by atoms with Crippen molar-refractivity contribution in [1.29, 1.82) is 0 Å². The minimum atomic E-state index is -0.168. The Kier molecular flexibility index (Phi) is 3.82. The monoisotopic (exact) mass is 407 g/mol. The summed E-state index contributed by atoms with van der Waals surface area (Å²) in [6, 6.07) is 11.1. The number of hydrogen-bond acceptors (Lipinski definition) is 2. The Hall–Kier alpha value is -1.66. The first kappa shape index (κ1) is 14.3. The largest absolute Gasteiger partial charge is 0.342 e. The number of imidazole rings is 1. The van der Waals surface area contributed by atoms with Crippen LogP contribution in [0.5, 0.6) is 0 Å². The van der Waals surface area contributed by atoms with Crippen molar-refractivity contribution < 1.29 is 4.79 Å². The molecule has 4 nitrogen and oxygen atoms in total. The number of rotatable bonds is 2. The molecule has 1 heterocycles. The average molecular weight is 409 g/mol. The predicted octanol–water partition coefficient (Wildman–Crippen LogP) is 4.65. The number of aromatic nitrogens is 2. The number of aryl methyl sites for hydroxylation is 1. The molecule has 0 atom stereocenters. The van der Waals surface area contributed by atoms with Crippen LogP contribution in [0.25, 0.3) is 11.0 Å². The number of anilines is 1. The number of benzene rings is 2. The first-order valence-corrected chi connectivity index (χ1v) is 7.84. The highest BCUT2D eigenvalue weighted by Gasteiger charge is 2.11. The number of hydrogen-bond donors (Lipinski definition) is 2. The van der Waals surface area contributed by atoms with Gasteiger partial charge in [0, 0.05) is 14.6 Å². The number of nitrogens with zero attached hydrogens (tertiary/aromatic N) is 1. The number of carbonyl (C=O) groups excluding carboxylic acids is 1. The molecule has 6 heteroatoms. The highest BCUT2D eigenvalue weighted by atomic mass is 79.9. The van der Waals surface area contributed by atoms with E-state index in [9.17, 15) is 4.79 Å². The second-order valence-electron chi connectivity index (χ2n) is 4.63. The van der Waals surface area contributed by atoms with Crippen molar-refractivity contribution in [2.75, 3.05) is 5.32 Å². The number of aromatic amines is 1. The topological polar surface area (TPSA) is 57.8 Å². The third-order valence-corrected chi connectivity index (χ3v) is 4.22. The zero-order chi connectivity index (χ0) is 15.0. The summed E-state index contributed by atoms with van der Waals surface area (Å²) in [6.07, 6.45) is 0. The molecule has 3 aromatic rings. The number of fused-ring (bicyclic) bond motifs is 1. The van der Waals surface area contributed by atoms with Crippen LogP contribution in [0.4, 0.5) is 5.69 Å². The predicted molar refractivity (Wildman–Crippen MR) is 90.6 cm³/mol. The number of halogens is 2. The van der Waals surface area contributed by atoms with E-state index in [1.165, 1.54) is 0 Å². The fourth-order valence-corrected chi connectivity index (χ4v) is 2.87. The van der Waals surface area contributed by atoms with Crippen LogP contribution in [0.3, 0.4) is 0 Å². The molecule has 0 saturated carbocycles. The Morgan fingerprint density at radius 1 is 1.19 bits per heavy atom. The molecule has 2 aromatic carbocycles. The van der Waals surface area contributed by atoms with Gasteiger partial charge >= 0.3 is 0 Å². The zero-order valence-electron chi connectivity index (χ0n) is 11.1. The van der Waals surface area contributed by atoms with Gasteiger partial charge in [-0.25, -0.2) is 4.98 Å². The summed E-state index contributed by atoms with van der Waals surface area (Å²) >= 11 is 6.76. The van der Waals surface area contributed by atoms with Gasteiger partial charge in [0.2, 0.25) is 0 Å². The molecule has 0 saturated heterocycles. The van der Waals surface area contributed by atoms with Crippen molar-refractivity contribution in [3.05, 3.63) is 56.7 Å². The van der Waals surface area contributed by atoms with Gasteiger partial charge in [-0.2, -0.15) is 0 Å². The third kappa shape index (κ3) is 3.01. The van der Waals surface area contributed by atoms with Crippen LogP contribution in [0.1, 0.15) is 16.2 Å². The number of H-pyrrole nitrogens is 1. The molecular formula is C15H11Br2N3O. The second-order valence-corrected chi connectivity index (χ2v) is 6.40. The SMILES string of the molecule is Cc1nc2ccc(NC(=O)c3cc(Br)ccc3Br)cc2[nH]1. The summed E-state index contributed by atoms with van der Waals surface area (Å²) in [7, 11) is 0. The zero-order valence-corrected chi connectivity index (χ0v) is 14.2. The summed E-state index contributed by atoms with van der Waals surface area (Å²) in [4.78, 5) is 19.8. The van der Waals surface area contributed by atoms with E-state index in [4.69, 9.17) is 0 Å². The molecule has 1 amide bonds. The van der Waals surface area contributed by atoms with Gasteiger partial charge in [0.15, 0.2) is 0 Å². The Labute approximate surface area is 138 Å². The van der Waals surface area contributed by atoms with Crippen molar-refractivity contribution in [3.8, 4) is 0 Å². The van der Waals surface area contributed by atoms with Gasteiger partial charge < -0.3 is 10.3 Å². The average Bonchev–Trinajstić information content (AvgIpc) is 2.80. The van der Waals surface area contributed by atoms with Crippen molar-refractivity contribution in [2.45, 2.75) is 6.92 Å². The molecule has 2 N–H and O–H groups in total. The van der Waals surface area contributed by atoms with Crippen molar-refractivity contribution in [2.24, 2.45) is 0 Å². The van der Waals surface area contributed by atoms with Crippen LogP contribution < -0.4 is 5.32 Å². The minimum Gasteiger partial charge on any atom is -0.342 e. The van der Waals surface area contributed by atoms with E-state index in [2.05, 4.69) is 47.1 Å². The Morgan fingerprint density at radius 2 is 2.00 bits per heavy atom. The molecule has 106 valence electrons. The van der Waals surface area contributed by atoms with Gasteiger partial charge in [0.1, 0.15) is 5.82 Å². The summed E-state index contributed by atoms with van der Waals surface area (Å²) in [5.74, 6) is 0.682. The fraction of sp³-hybridized carbons (Fsp3) is 0.0667. The molecule has 0 bridgehead atoms. The Balaban J connectivity index is 1.90. The summed E-state index contributed by atoms with van der Waals surface area (Å²) in [5, 5.41) is 2.89. The maximum absolute atomic E-state index is 12.3. The van der Waals surface area contributed by atoms with Crippen molar-refractivity contribution >= 4 is 54.5 Å². The number of amides is 1. The van der Waals surface area contributed by atoms with Crippen molar-refractivity contribution in [1.82, 2.24) is 9.97 Å². The maximum atomic E-state index is 12.3. The molecule has 0 radical (unpaired) electrons. The molecule has 0 aliphatic carbocycles.